The molecule has 5 nitrogen and oxygen atoms in total. The van der Waals surface area contributed by atoms with Crippen molar-refractivity contribution in [2.24, 2.45) is 0 Å². The summed E-state index contributed by atoms with van der Waals surface area (Å²) < 4.78 is 34.0. The van der Waals surface area contributed by atoms with Gasteiger partial charge in [-0.2, -0.15) is 15.8 Å². The predicted molar refractivity (Wildman–Crippen MR) is 225 cm³/mol. The fraction of sp³-hybridized carbons (Fsp3) is 0. The lowest BCUT2D eigenvalue weighted by Crippen LogP contribution is -2.05. The van der Waals surface area contributed by atoms with E-state index in [1.54, 1.807) is 12.1 Å². The van der Waals surface area contributed by atoms with Crippen LogP contribution in [0.3, 0.4) is 0 Å². The van der Waals surface area contributed by atoms with Crippen LogP contribution >= 0.6 is 0 Å². The van der Waals surface area contributed by atoms with Gasteiger partial charge < -0.3 is 9.13 Å². The van der Waals surface area contributed by atoms with Crippen LogP contribution in [-0.2, 0) is 0 Å². The molecule has 0 aliphatic rings. The minimum Gasteiger partial charge on any atom is -0.308 e. The Kier molecular flexibility index (Phi) is 7.94. The number of nitriles is 3. The van der Waals surface area contributed by atoms with Gasteiger partial charge in [0.1, 0.15) is 23.3 Å². The third-order valence-electron chi connectivity index (χ3n) is 10.9. The number of benzene rings is 8. The van der Waals surface area contributed by atoms with Gasteiger partial charge in [0, 0.05) is 27.6 Å². The highest BCUT2D eigenvalue weighted by Crippen LogP contribution is 2.42. The molecule has 7 heteroatoms. The van der Waals surface area contributed by atoms with Crippen LogP contribution in [0.1, 0.15) is 16.7 Å². The maximum atomic E-state index is 15.0. The van der Waals surface area contributed by atoms with Gasteiger partial charge in [-0.25, -0.2) is 8.78 Å². The summed E-state index contributed by atoms with van der Waals surface area (Å²) in [5.74, 6) is -1.43. The molecule has 10 rings (SSSR count). The molecule has 0 radical (unpaired) electrons. The first-order valence-corrected chi connectivity index (χ1v) is 18.6. The van der Waals surface area contributed by atoms with Crippen LogP contribution in [0.2, 0.25) is 0 Å². The largest absolute Gasteiger partial charge is 0.308 e. The molecule has 0 aliphatic carbocycles. The summed E-state index contributed by atoms with van der Waals surface area (Å²) in [7, 11) is 0. The Morgan fingerprint density at radius 1 is 0.362 bits per heavy atom. The van der Waals surface area contributed by atoms with Crippen molar-refractivity contribution >= 4 is 43.6 Å². The molecule has 0 spiro atoms. The van der Waals surface area contributed by atoms with Gasteiger partial charge in [0.2, 0.25) is 0 Å². The van der Waals surface area contributed by atoms with E-state index in [9.17, 15) is 24.6 Å². The van der Waals surface area contributed by atoms with Crippen molar-refractivity contribution < 1.29 is 8.78 Å². The molecule has 10 aromatic rings. The van der Waals surface area contributed by atoms with Gasteiger partial charge in [-0.1, -0.05) is 84.9 Å². The zero-order valence-electron chi connectivity index (χ0n) is 30.6. The second-order valence-electron chi connectivity index (χ2n) is 14.1. The number of aromatic nitrogens is 2. The van der Waals surface area contributed by atoms with Crippen LogP contribution in [0.4, 0.5) is 8.78 Å². The Balaban J connectivity index is 1.30. The third kappa shape index (κ3) is 5.33. The van der Waals surface area contributed by atoms with Gasteiger partial charge in [0.15, 0.2) is 0 Å². The SMILES string of the molecule is N#Cc1ccccc1-c1ccc2c(c1)c1ccccc1n2-c1cc(-c2cc(F)cc(F)c2)cc(-n2c3ccccc3c3cc(-c4ccccc4C#N)ccc32)c1C#N. The highest BCUT2D eigenvalue weighted by Gasteiger charge is 2.23. The summed E-state index contributed by atoms with van der Waals surface area (Å²) in [6, 6.07) is 57.1. The first-order chi connectivity index (χ1) is 28.4. The first kappa shape index (κ1) is 34.2. The number of rotatable bonds is 5. The monoisotopic (exact) mass is 747 g/mol. The van der Waals surface area contributed by atoms with Crippen molar-refractivity contribution in [1.82, 2.24) is 9.13 Å². The van der Waals surface area contributed by atoms with Crippen LogP contribution in [-0.4, -0.2) is 9.13 Å². The van der Waals surface area contributed by atoms with Crippen LogP contribution in [0, 0.1) is 45.6 Å². The number of nitrogens with zero attached hydrogens (tertiary/aromatic N) is 5. The van der Waals surface area contributed by atoms with Gasteiger partial charge in [-0.15, -0.1) is 0 Å². The van der Waals surface area contributed by atoms with E-state index in [1.165, 1.54) is 12.1 Å². The summed E-state index contributed by atoms with van der Waals surface area (Å²) in [5.41, 5.74) is 10.0. The minimum absolute atomic E-state index is 0.316. The Morgan fingerprint density at radius 2 is 0.776 bits per heavy atom. The van der Waals surface area contributed by atoms with E-state index in [0.29, 0.717) is 39.2 Å². The Bertz CT molecular complexity index is 3260. The van der Waals surface area contributed by atoms with E-state index >= 15 is 0 Å². The second kappa shape index (κ2) is 13.5. The Labute approximate surface area is 331 Å². The standard InChI is InChI=1S/C51H27F2N5/c52-37-21-35(22-38(53)27-37)36-25-50(57-46-15-7-5-13-41(46)43-23-31(17-19-48(43)57)39-11-3-1-9-33(39)28-54)45(30-56)51(26-36)58-47-16-8-6-14-42(47)44-24-32(18-20-49(44)58)40-12-4-2-10-34(40)29-55/h1-27H. The maximum absolute atomic E-state index is 15.0. The zero-order chi connectivity index (χ0) is 39.5. The van der Waals surface area contributed by atoms with Crippen LogP contribution < -0.4 is 0 Å². The lowest BCUT2D eigenvalue weighted by molar-refractivity contribution is 0.584. The molecule has 270 valence electrons. The molecular weight excluding hydrogens is 721 g/mol. The van der Waals surface area contributed by atoms with Crippen molar-refractivity contribution in [2.45, 2.75) is 0 Å². The third-order valence-corrected chi connectivity index (χ3v) is 10.9. The van der Waals surface area contributed by atoms with Gasteiger partial charge in [0.25, 0.3) is 0 Å². The van der Waals surface area contributed by atoms with Gasteiger partial charge in [-0.3, -0.25) is 0 Å². The molecule has 0 bridgehead atoms. The molecule has 2 aromatic heterocycles. The highest BCUT2D eigenvalue weighted by molar-refractivity contribution is 6.12. The number of hydrogen-bond donors (Lipinski definition) is 0. The van der Waals surface area contributed by atoms with Crippen LogP contribution in [0.15, 0.2) is 164 Å². The van der Waals surface area contributed by atoms with Gasteiger partial charge >= 0.3 is 0 Å². The second-order valence-corrected chi connectivity index (χ2v) is 14.1. The van der Waals surface area contributed by atoms with Crippen molar-refractivity contribution in [3.8, 4) is 63.0 Å². The summed E-state index contributed by atoms with van der Waals surface area (Å²) >= 11 is 0. The van der Waals surface area contributed by atoms with E-state index in [-0.39, 0.29) is 0 Å². The van der Waals surface area contributed by atoms with E-state index < -0.39 is 11.6 Å². The lowest BCUT2D eigenvalue weighted by Gasteiger charge is -2.18. The Morgan fingerprint density at radius 3 is 1.24 bits per heavy atom. The van der Waals surface area contributed by atoms with Crippen LogP contribution in [0.5, 0.6) is 0 Å². The molecule has 0 atom stereocenters. The summed E-state index contributed by atoms with van der Waals surface area (Å²) in [5, 5.41) is 34.8. The molecule has 0 N–H and O–H groups in total. The predicted octanol–water partition coefficient (Wildman–Crippen LogP) is 12.8. The average Bonchev–Trinajstić information content (AvgIpc) is 3.77. The van der Waals surface area contributed by atoms with E-state index in [4.69, 9.17) is 0 Å². The topological polar surface area (TPSA) is 81.2 Å². The van der Waals surface area contributed by atoms with Gasteiger partial charge in [0.05, 0.1) is 56.7 Å². The normalized spacial score (nSPS) is 11.2. The quantitative estimate of drug-likeness (QED) is 0.176. The molecule has 58 heavy (non-hydrogen) atoms. The number of para-hydroxylation sites is 2. The fourth-order valence-corrected chi connectivity index (χ4v) is 8.43. The molecule has 0 aliphatic heterocycles. The Hall–Kier alpha value is -8.31. The molecule has 0 amide bonds. The summed E-state index contributed by atoms with van der Waals surface area (Å²) in [4.78, 5) is 0. The smallest absolute Gasteiger partial charge is 0.126 e. The lowest BCUT2D eigenvalue weighted by atomic mass is 9.98. The van der Waals surface area contributed by atoms with E-state index in [1.807, 2.05) is 130 Å². The maximum Gasteiger partial charge on any atom is 0.126 e. The molecule has 0 saturated heterocycles. The van der Waals surface area contributed by atoms with E-state index in [0.717, 1.165) is 71.9 Å². The molecule has 0 unspecified atom stereocenters. The van der Waals surface area contributed by atoms with Crippen molar-refractivity contribution in [1.29, 1.82) is 15.8 Å². The molecule has 0 saturated carbocycles. The average molecular weight is 748 g/mol. The summed E-state index contributed by atoms with van der Waals surface area (Å²) in [6.07, 6.45) is 0. The molecule has 0 fully saturated rings. The van der Waals surface area contributed by atoms with Crippen molar-refractivity contribution in [3.63, 3.8) is 0 Å². The minimum atomic E-state index is -0.716. The van der Waals surface area contributed by atoms with Crippen molar-refractivity contribution in [2.75, 3.05) is 0 Å². The van der Waals surface area contributed by atoms with Crippen molar-refractivity contribution in [3.05, 3.63) is 192 Å². The number of halogens is 2. The zero-order valence-corrected chi connectivity index (χ0v) is 30.6. The van der Waals surface area contributed by atoms with Crippen LogP contribution in [0.25, 0.3) is 88.4 Å². The van der Waals surface area contributed by atoms with Gasteiger partial charge in [-0.05, 0) is 106 Å². The number of fused-ring (bicyclic) bond motifs is 6. The fourth-order valence-electron chi connectivity index (χ4n) is 8.43. The molecule has 8 aromatic carbocycles. The summed E-state index contributed by atoms with van der Waals surface area (Å²) in [6.45, 7) is 0. The molecular formula is C51H27F2N5. The molecule has 2 heterocycles. The first-order valence-electron chi connectivity index (χ1n) is 18.6. The van der Waals surface area contributed by atoms with E-state index in [2.05, 4.69) is 30.3 Å². The number of hydrogen-bond acceptors (Lipinski definition) is 3. The highest BCUT2D eigenvalue weighted by atomic mass is 19.1.